The van der Waals surface area contributed by atoms with Crippen LogP contribution in [0.1, 0.15) is 39.7 Å². The molecule has 0 aromatic carbocycles. The fraction of sp³-hybridized carbons (Fsp3) is 0.778. The number of hydrogen-bond donors (Lipinski definition) is 0. The van der Waals surface area contributed by atoms with Crippen LogP contribution in [0.4, 0.5) is 0 Å². The molecule has 152 valence electrons. The molecule has 0 bridgehead atoms. The Labute approximate surface area is 162 Å². The molecular weight excluding hydrogens is 366 g/mol. The van der Waals surface area contributed by atoms with Crippen LogP contribution in [-0.4, -0.2) is 83.8 Å². The maximum absolute atomic E-state index is 13.0. The Balaban J connectivity index is 1.67. The maximum Gasteiger partial charge on any atom is 0.262 e. The number of carbonyl (C=O) groups excluding carboxylic acids is 1. The van der Waals surface area contributed by atoms with Crippen LogP contribution in [0.3, 0.4) is 0 Å². The fourth-order valence-electron chi connectivity index (χ4n) is 3.77. The van der Waals surface area contributed by atoms with Crippen LogP contribution < -0.4 is 0 Å². The first-order valence-corrected chi connectivity index (χ1v) is 11.3. The number of rotatable bonds is 5. The van der Waals surface area contributed by atoms with Crippen molar-refractivity contribution in [1.29, 1.82) is 0 Å². The van der Waals surface area contributed by atoms with E-state index >= 15 is 0 Å². The van der Waals surface area contributed by atoms with E-state index in [0.29, 0.717) is 13.0 Å². The van der Waals surface area contributed by atoms with Crippen LogP contribution in [-0.2, 0) is 14.8 Å². The highest BCUT2D eigenvalue weighted by Gasteiger charge is 2.36. The van der Waals surface area contributed by atoms with Crippen molar-refractivity contribution >= 4 is 15.9 Å². The third kappa shape index (κ3) is 4.35. The van der Waals surface area contributed by atoms with Gasteiger partial charge in [-0.15, -0.1) is 0 Å². The summed E-state index contributed by atoms with van der Waals surface area (Å²) in [5, 5.41) is 0.0702. The SMILES string of the molecule is CCN1CCN(C(=O)[C@H]2CCCN(S(=O)(=O)c3cn(C(C)C)cn3)C2)CC1. The van der Waals surface area contributed by atoms with Crippen molar-refractivity contribution in [3.63, 3.8) is 0 Å². The summed E-state index contributed by atoms with van der Waals surface area (Å²) in [6.45, 7) is 11.0. The van der Waals surface area contributed by atoms with Gasteiger partial charge >= 0.3 is 0 Å². The first-order chi connectivity index (χ1) is 12.8. The predicted octanol–water partition coefficient (Wildman–Crippen LogP) is 1.03. The van der Waals surface area contributed by atoms with E-state index in [1.165, 1.54) is 4.31 Å². The molecule has 1 atom stereocenters. The van der Waals surface area contributed by atoms with Gasteiger partial charge in [0.2, 0.25) is 5.91 Å². The van der Waals surface area contributed by atoms with E-state index in [1.54, 1.807) is 17.1 Å². The van der Waals surface area contributed by atoms with E-state index in [4.69, 9.17) is 0 Å². The second kappa shape index (κ2) is 8.28. The highest BCUT2D eigenvalue weighted by molar-refractivity contribution is 7.89. The Hall–Kier alpha value is -1.45. The zero-order valence-corrected chi connectivity index (χ0v) is 17.4. The average Bonchev–Trinajstić information content (AvgIpc) is 3.19. The number of aromatic nitrogens is 2. The van der Waals surface area contributed by atoms with Crippen LogP contribution in [0.2, 0.25) is 0 Å². The number of carbonyl (C=O) groups is 1. The normalized spacial score (nSPS) is 23.1. The van der Waals surface area contributed by atoms with E-state index in [-0.39, 0.29) is 29.4 Å². The highest BCUT2D eigenvalue weighted by Crippen LogP contribution is 2.25. The molecule has 3 heterocycles. The molecule has 0 saturated carbocycles. The molecule has 2 fully saturated rings. The lowest BCUT2D eigenvalue weighted by Gasteiger charge is -2.38. The molecule has 0 N–H and O–H groups in total. The summed E-state index contributed by atoms with van der Waals surface area (Å²) in [4.78, 5) is 21.2. The molecule has 27 heavy (non-hydrogen) atoms. The van der Waals surface area contributed by atoms with E-state index in [0.717, 1.165) is 39.1 Å². The van der Waals surface area contributed by atoms with Crippen LogP contribution in [0.25, 0.3) is 0 Å². The Morgan fingerprint density at radius 2 is 1.93 bits per heavy atom. The first-order valence-electron chi connectivity index (χ1n) is 9.87. The monoisotopic (exact) mass is 397 g/mol. The summed E-state index contributed by atoms with van der Waals surface area (Å²) in [5.74, 6) is -0.160. The topological polar surface area (TPSA) is 78.8 Å². The Morgan fingerprint density at radius 1 is 1.22 bits per heavy atom. The van der Waals surface area contributed by atoms with Crippen LogP contribution in [0, 0.1) is 5.92 Å². The van der Waals surface area contributed by atoms with Crippen molar-refractivity contribution in [3.05, 3.63) is 12.5 Å². The van der Waals surface area contributed by atoms with E-state index in [1.807, 2.05) is 18.7 Å². The van der Waals surface area contributed by atoms with E-state index in [9.17, 15) is 13.2 Å². The maximum atomic E-state index is 13.0. The van der Waals surface area contributed by atoms with Crippen LogP contribution in [0.5, 0.6) is 0 Å². The summed E-state index contributed by atoms with van der Waals surface area (Å²) in [6, 6.07) is 0.152. The molecular formula is C18H31N5O3S. The van der Waals surface area contributed by atoms with Gasteiger partial charge in [0.15, 0.2) is 5.03 Å². The van der Waals surface area contributed by atoms with Gasteiger partial charge in [-0.25, -0.2) is 13.4 Å². The number of sulfonamides is 1. The quantitative estimate of drug-likeness (QED) is 0.741. The molecule has 1 aromatic heterocycles. The summed E-state index contributed by atoms with van der Waals surface area (Å²) in [6.07, 6.45) is 4.58. The van der Waals surface area contributed by atoms with Crippen molar-refractivity contribution in [2.24, 2.45) is 5.92 Å². The van der Waals surface area contributed by atoms with Crippen molar-refractivity contribution < 1.29 is 13.2 Å². The molecule has 3 rings (SSSR count). The van der Waals surface area contributed by atoms with Crippen molar-refractivity contribution in [2.45, 2.75) is 44.7 Å². The van der Waals surface area contributed by atoms with Gasteiger partial charge in [-0.1, -0.05) is 6.92 Å². The van der Waals surface area contributed by atoms with Gasteiger partial charge in [-0.3, -0.25) is 4.79 Å². The van der Waals surface area contributed by atoms with Gasteiger partial charge in [0.1, 0.15) is 0 Å². The van der Waals surface area contributed by atoms with E-state index < -0.39 is 10.0 Å². The Morgan fingerprint density at radius 3 is 2.52 bits per heavy atom. The van der Waals surface area contributed by atoms with Crippen molar-refractivity contribution in [3.8, 4) is 0 Å². The Bertz CT molecular complexity index is 753. The van der Waals surface area contributed by atoms with E-state index in [2.05, 4.69) is 16.8 Å². The lowest BCUT2D eigenvalue weighted by atomic mass is 9.98. The van der Waals surface area contributed by atoms with Gasteiger partial charge in [0.25, 0.3) is 10.0 Å². The minimum Gasteiger partial charge on any atom is -0.340 e. The second-order valence-electron chi connectivity index (χ2n) is 7.71. The van der Waals surface area contributed by atoms with Gasteiger partial charge in [-0.05, 0) is 33.2 Å². The number of likely N-dealkylation sites (N-methyl/N-ethyl adjacent to an activating group) is 1. The molecule has 0 aliphatic carbocycles. The summed E-state index contributed by atoms with van der Waals surface area (Å²) in [5.41, 5.74) is 0. The molecule has 0 radical (unpaired) electrons. The third-order valence-corrected chi connectivity index (χ3v) is 7.39. The Kier molecular flexibility index (Phi) is 6.22. The largest absolute Gasteiger partial charge is 0.340 e. The fourth-order valence-corrected chi connectivity index (χ4v) is 5.22. The summed E-state index contributed by atoms with van der Waals surface area (Å²) >= 11 is 0. The molecule has 0 spiro atoms. The minimum atomic E-state index is -3.66. The minimum absolute atomic E-state index is 0.0702. The molecule has 9 heteroatoms. The number of piperazine rings is 1. The number of imidazole rings is 1. The second-order valence-corrected chi connectivity index (χ2v) is 9.60. The predicted molar refractivity (Wildman–Crippen MR) is 103 cm³/mol. The van der Waals surface area contributed by atoms with Crippen LogP contribution in [0.15, 0.2) is 17.6 Å². The zero-order chi connectivity index (χ0) is 19.6. The molecule has 2 saturated heterocycles. The summed E-state index contributed by atoms with van der Waals surface area (Å²) in [7, 11) is -3.66. The summed E-state index contributed by atoms with van der Waals surface area (Å²) < 4.78 is 29.2. The molecule has 1 aromatic rings. The molecule has 8 nitrogen and oxygen atoms in total. The third-order valence-electron chi connectivity index (χ3n) is 5.64. The van der Waals surface area contributed by atoms with Crippen molar-refractivity contribution in [2.75, 3.05) is 45.8 Å². The van der Waals surface area contributed by atoms with Gasteiger partial charge in [0.05, 0.1) is 12.2 Å². The molecule has 2 aliphatic rings. The number of nitrogens with zero attached hydrogens (tertiary/aromatic N) is 5. The number of hydrogen-bond acceptors (Lipinski definition) is 5. The lowest BCUT2D eigenvalue weighted by Crippen LogP contribution is -2.52. The van der Waals surface area contributed by atoms with Crippen molar-refractivity contribution in [1.82, 2.24) is 23.7 Å². The molecule has 2 aliphatic heterocycles. The average molecular weight is 398 g/mol. The van der Waals surface area contributed by atoms with Gasteiger partial charge in [-0.2, -0.15) is 4.31 Å². The van der Waals surface area contributed by atoms with Gasteiger partial charge < -0.3 is 14.4 Å². The standard InChI is InChI=1S/C18H31N5O3S/c1-4-20-8-10-21(11-9-20)18(24)16-6-5-7-23(12-16)27(25,26)17-13-22(14-19-17)15(2)3/h13-16H,4-12H2,1-3H3/t16-/m0/s1. The van der Waals surface area contributed by atoms with Gasteiger partial charge in [0, 0.05) is 51.5 Å². The molecule has 0 unspecified atom stereocenters. The lowest BCUT2D eigenvalue weighted by molar-refractivity contribution is -0.138. The first kappa shape index (κ1) is 20.3. The molecule has 1 amide bonds. The highest BCUT2D eigenvalue weighted by atomic mass is 32.2. The number of piperidine rings is 1. The number of amides is 1. The zero-order valence-electron chi connectivity index (χ0n) is 16.5. The smallest absolute Gasteiger partial charge is 0.262 e. The van der Waals surface area contributed by atoms with Crippen LogP contribution >= 0.6 is 0 Å².